The summed E-state index contributed by atoms with van der Waals surface area (Å²) in [6, 6.07) is 0. The Morgan fingerprint density at radius 2 is 2.19 bits per heavy atom. The summed E-state index contributed by atoms with van der Waals surface area (Å²) in [7, 11) is 1.64. The van der Waals surface area contributed by atoms with E-state index in [9.17, 15) is 0 Å². The molecule has 2 N–H and O–H groups in total. The number of aromatic nitrogens is 2. The molecule has 0 saturated carbocycles. The lowest BCUT2D eigenvalue weighted by molar-refractivity contribution is 0.0903. The number of nitrogens with two attached hydrogens (primary N) is 1. The molecule has 0 aliphatic rings. The van der Waals surface area contributed by atoms with Gasteiger partial charge in [0.25, 0.3) is 0 Å². The lowest BCUT2D eigenvalue weighted by atomic mass is 9.88. The minimum Gasteiger partial charge on any atom is -0.373 e. The van der Waals surface area contributed by atoms with Crippen LogP contribution in [0.5, 0.6) is 0 Å². The first kappa shape index (κ1) is 13.1. The minimum absolute atomic E-state index is 0.101. The van der Waals surface area contributed by atoms with Crippen molar-refractivity contribution in [2.24, 2.45) is 5.73 Å². The molecule has 2 unspecified atom stereocenters. The van der Waals surface area contributed by atoms with Gasteiger partial charge in [-0.1, -0.05) is 19.0 Å². The first-order valence-electron chi connectivity index (χ1n) is 5.68. The molecule has 0 bridgehead atoms. The van der Waals surface area contributed by atoms with Crippen LogP contribution in [0.4, 0.5) is 0 Å². The van der Waals surface area contributed by atoms with Crippen molar-refractivity contribution in [1.29, 1.82) is 0 Å². The van der Waals surface area contributed by atoms with Crippen molar-refractivity contribution >= 4 is 0 Å². The van der Waals surface area contributed by atoms with E-state index in [0.717, 1.165) is 12.8 Å². The van der Waals surface area contributed by atoms with Crippen LogP contribution in [0.15, 0.2) is 4.52 Å². The van der Waals surface area contributed by atoms with E-state index < -0.39 is 0 Å². The topological polar surface area (TPSA) is 74.2 Å². The fourth-order valence-electron chi connectivity index (χ4n) is 1.45. The van der Waals surface area contributed by atoms with E-state index in [0.29, 0.717) is 18.3 Å². The molecule has 0 radical (unpaired) electrons. The predicted molar refractivity (Wildman–Crippen MR) is 61.0 cm³/mol. The normalized spacial score (nSPS) is 17.1. The smallest absolute Gasteiger partial charge is 0.233 e. The fourth-order valence-corrected chi connectivity index (χ4v) is 1.45. The highest BCUT2D eigenvalue weighted by Gasteiger charge is 2.30. The summed E-state index contributed by atoms with van der Waals surface area (Å²) in [5.41, 5.74) is 5.50. The summed E-state index contributed by atoms with van der Waals surface area (Å²) in [5, 5.41) is 3.95. The third kappa shape index (κ3) is 2.41. The lowest BCUT2D eigenvalue weighted by Gasteiger charge is -2.20. The summed E-state index contributed by atoms with van der Waals surface area (Å²) >= 11 is 0. The van der Waals surface area contributed by atoms with Crippen molar-refractivity contribution in [3.8, 4) is 0 Å². The van der Waals surface area contributed by atoms with E-state index in [1.807, 2.05) is 13.8 Å². The molecular weight excluding hydrogens is 206 g/mol. The second-order valence-corrected chi connectivity index (χ2v) is 4.21. The van der Waals surface area contributed by atoms with Gasteiger partial charge in [0.2, 0.25) is 11.7 Å². The van der Waals surface area contributed by atoms with Gasteiger partial charge in [0.15, 0.2) is 0 Å². The first-order chi connectivity index (χ1) is 7.61. The molecule has 0 amide bonds. The quantitative estimate of drug-likeness (QED) is 0.802. The van der Waals surface area contributed by atoms with Crippen LogP contribution in [0.1, 0.15) is 51.4 Å². The standard InChI is InChI=1S/C11H21N3O2/c1-5-8(15-4)9-13-10(16-14-9)11(3,6-2)7-12/h8H,5-7,12H2,1-4H3. The monoisotopic (exact) mass is 227 g/mol. The molecule has 1 rings (SSSR count). The molecule has 16 heavy (non-hydrogen) atoms. The number of hydrogen-bond donors (Lipinski definition) is 1. The molecule has 0 spiro atoms. The SMILES string of the molecule is CCC(OC)c1noc(C(C)(CC)CN)n1. The Morgan fingerprint density at radius 3 is 2.62 bits per heavy atom. The molecule has 2 atom stereocenters. The average molecular weight is 227 g/mol. The number of rotatable bonds is 6. The molecule has 0 aromatic carbocycles. The van der Waals surface area contributed by atoms with Crippen molar-refractivity contribution in [2.75, 3.05) is 13.7 Å². The summed E-state index contributed by atoms with van der Waals surface area (Å²) in [6.07, 6.45) is 1.59. The van der Waals surface area contributed by atoms with Gasteiger partial charge in [0.1, 0.15) is 6.10 Å². The van der Waals surface area contributed by atoms with Gasteiger partial charge in [0.05, 0.1) is 5.41 Å². The molecule has 0 fully saturated rings. The third-order valence-corrected chi connectivity index (χ3v) is 3.13. The van der Waals surface area contributed by atoms with Gasteiger partial charge in [-0.3, -0.25) is 0 Å². The Labute approximate surface area is 96.4 Å². The average Bonchev–Trinajstić information content (AvgIpc) is 2.80. The van der Waals surface area contributed by atoms with Gasteiger partial charge in [-0.25, -0.2) is 0 Å². The highest BCUT2D eigenvalue weighted by atomic mass is 16.5. The van der Waals surface area contributed by atoms with Crippen molar-refractivity contribution in [1.82, 2.24) is 10.1 Å². The molecular formula is C11H21N3O2. The minimum atomic E-state index is -0.239. The zero-order valence-corrected chi connectivity index (χ0v) is 10.5. The molecule has 0 aliphatic heterocycles. The van der Waals surface area contributed by atoms with Crippen LogP contribution in [0.3, 0.4) is 0 Å². The van der Waals surface area contributed by atoms with Crippen LogP contribution < -0.4 is 5.73 Å². The van der Waals surface area contributed by atoms with Gasteiger partial charge in [-0.2, -0.15) is 4.98 Å². The maximum Gasteiger partial charge on any atom is 0.233 e. The number of hydrogen-bond acceptors (Lipinski definition) is 5. The molecule has 92 valence electrons. The number of methoxy groups -OCH3 is 1. The van der Waals surface area contributed by atoms with Crippen LogP contribution in [-0.4, -0.2) is 23.8 Å². The Balaban J connectivity index is 2.93. The largest absolute Gasteiger partial charge is 0.373 e. The van der Waals surface area contributed by atoms with Crippen molar-refractivity contribution < 1.29 is 9.26 Å². The van der Waals surface area contributed by atoms with Crippen LogP contribution in [-0.2, 0) is 10.2 Å². The summed E-state index contributed by atoms with van der Waals surface area (Å²) < 4.78 is 10.5. The van der Waals surface area contributed by atoms with Crippen LogP contribution in [0.25, 0.3) is 0 Å². The molecule has 5 nitrogen and oxygen atoms in total. The van der Waals surface area contributed by atoms with E-state index in [2.05, 4.69) is 17.1 Å². The van der Waals surface area contributed by atoms with Crippen molar-refractivity contribution in [3.63, 3.8) is 0 Å². The van der Waals surface area contributed by atoms with Gasteiger partial charge in [0, 0.05) is 13.7 Å². The molecule has 1 heterocycles. The van der Waals surface area contributed by atoms with E-state index >= 15 is 0 Å². The molecule has 5 heteroatoms. The summed E-state index contributed by atoms with van der Waals surface area (Å²) in [6.45, 7) is 6.60. The summed E-state index contributed by atoms with van der Waals surface area (Å²) in [5.74, 6) is 1.20. The lowest BCUT2D eigenvalue weighted by Crippen LogP contribution is -2.31. The number of nitrogens with zero attached hydrogens (tertiary/aromatic N) is 2. The Kier molecular flexibility index (Phi) is 4.44. The van der Waals surface area contributed by atoms with E-state index in [4.69, 9.17) is 15.0 Å². The predicted octanol–water partition coefficient (Wildman–Crippen LogP) is 1.79. The van der Waals surface area contributed by atoms with E-state index in [1.54, 1.807) is 7.11 Å². The van der Waals surface area contributed by atoms with E-state index in [1.165, 1.54) is 0 Å². The molecule has 0 saturated heterocycles. The highest BCUT2D eigenvalue weighted by Crippen LogP contribution is 2.26. The fraction of sp³-hybridized carbons (Fsp3) is 0.818. The van der Waals surface area contributed by atoms with Gasteiger partial charge < -0.3 is 15.0 Å². The highest BCUT2D eigenvalue weighted by molar-refractivity contribution is 5.04. The Morgan fingerprint density at radius 1 is 1.50 bits per heavy atom. The molecule has 1 aromatic rings. The van der Waals surface area contributed by atoms with E-state index in [-0.39, 0.29) is 11.5 Å². The zero-order chi connectivity index (χ0) is 12.2. The van der Waals surface area contributed by atoms with Gasteiger partial charge in [-0.15, -0.1) is 0 Å². The van der Waals surface area contributed by atoms with Crippen LogP contribution in [0.2, 0.25) is 0 Å². The summed E-state index contributed by atoms with van der Waals surface area (Å²) in [4.78, 5) is 4.38. The zero-order valence-electron chi connectivity index (χ0n) is 10.5. The molecule has 0 aliphatic carbocycles. The van der Waals surface area contributed by atoms with Gasteiger partial charge in [-0.05, 0) is 19.8 Å². The second kappa shape index (κ2) is 5.41. The first-order valence-corrected chi connectivity index (χ1v) is 5.68. The number of ether oxygens (including phenoxy) is 1. The van der Waals surface area contributed by atoms with Crippen LogP contribution in [0, 0.1) is 0 Å². The molecule has 1 aromatic heterocycles. The van der Waals surface area contributed by atoms with Crippen molar-refractivity contribution in [3.05, 3.63) is 11.7 Å². The van der Waals surface area contributed by atoms with Crippen molar-refractivity contribution in [2.45, 2.75) is 45.1 Å². The second-order valence-electron chi connectivity index (χ2n) is 4.21. The Hall–Kier alpha value is -0.940. The third-order valence-electron chi connectivity index (χ3n) is 3.13. The maximum atomic E-state index is 5.74. The van der Waals surface area contributed by atoms with Crippen LogP contribution >= 0.6 is 0 Å². The van der Waals surface area contributed by atoms with Gasteiger partial charge >= 0.3 is 0 Å². The maximum absolute atomic E-state index is 5.74. The Bertz CT molecular complexity index is 317.